The van der Waals surface area contributed by atoms with Crippen LogP contribution >= 0.6 is 23.2 Å². The van der Waals surface area contributed by atoms with E-state index >= 15 is 0 Å². The van der Waals surface area contributed by atoms with E-state index in [-0.39, 0.29) is 22.1 Å². The van der Waals surface area contributed by atoms with Gasteiger partial charge in [-0.15, -0.1) is 0 Å². The molecule has 0 fully saturated rings. The van der Waals surface area contributed by atoms with Crippen molar-refractivity contribution >= 4 is 29.0 Å². The number of aromatic hydroxyl groups is 1. The van der Waals surface area contributed by atoms with Crippen LogP contribution in [0.3, 0.4) is 0 Å². The Morgan fingerprint density at radius 1 is 1.27 bits per heavy atom. The molecule has 0 atom stereocenters. The van der Waals surface area contributed by atoms with Gasteiger partial charge in [-0.05, 0) is 12.1 Å². The van der Waals surface area contributed by atoms with Gasteiger partial charge in [0.2, 0.25) is 0 Å². The molecule has 82 valence electrons. The van der Waals surface area contributed by atoms with Gasteiger partial charge in [0.05, 0.1) is 10.6 Å². The van der Waals surface area contributed by atoms with Crippen molar-refractivity contribution < 1.29 is 9.90 Å². The molecule has 0 unspecified atom stereocenters. The number of hydrogen-bond donors (Lipinski definition) is 1. The largest absolute Gasteiger partial charge is 0.506 e. The maximum Gasteiger partial charge on any atom is 0.171 e. The number of Topliss-reactive ketones (excluding diaryl/α,β-unsaturated/α-hetero) is 1. The zero-order chi connectivity index (χ0) is 11.8. The number of ketones is 1. The third kappa shape index (κ3) is 2.64. The van der Waals surface area contributed by atoms with Gasteiger partial charge in [0.25, 0.3) is 0 Å². The first-order chi connectivity index (χ1) is 6.73. The van der Waals surface area contributed by atoms with Gasteiger partial charge in [0.1, 0.15) is 5.75 Å². The second-order valence-corrected chi connectivity index (χ2v) is 5.21. The van der Waals surface area contributed by atoms with E-state index < -0.39 is 5.41 Å². The summed E-state index contributed by atoms with van der Waals surface area (Å²) in [6, 6.07) is 2.83. The molecular weight excluding hydrogens is 235 g/mol. The first-order valence-electron chi connectivity index (χ1n) is 4.46. The van der Waals surface area contributed by atoms with Crippen LogP contribution in [0.15, 0.2) is 12.1 Å². The number of carbonyl (C=O) groups excluding carboxylic acids is 1. The van der Waals surface area contributed by atoms with Crippen LogP contribution < -0.4 is 0 Å². The Balaban J connectivity index is 3.32. The molecule has 4 heteroatoms. The van der Waals surface area contributed by atoms with E-state index in [9.17, 15) is 9.90 Å². The van der Waals surface area contributed by atoms with Crippen LogP contribution in [0, 0.1) is 5.41 Å². The maximum absolute atomic E-state index is 11.9. The molecule has 1 rings (SSSR count). The van der Waals surface area contributed by atoms with Crippen molar-refractivity contribution in [3.8, 4) is 5.75 Å². The summed E-state index contributed by atoms with van der Waals surface area (Å²) in [6.07, 6.45) is 0. The van der Waals surface area contributed by atoms with Gasteiger partial charge < -0.3 is 5.11 Å². The molecule has 0 saturated heterocycles. The van der Waals surface area contributed by atoms with E-state index in [1.807, 2.05) is 0 Å². The first kappa shape index (κ1) is 12.3. The SMILES string of the molecule is CC(C)(C)C(=O)c1cc(Cl)cc(Cl)c1O. The van der Waals surface area contributed by atoms with Gasteiger partial charge in [-0.1, -0.05) is 44.0 Å². The number of phenolic OH excluding ortho intramolecular Hbond substituents is 1. The highest BCUT2D eigenvalue weighted by atomic mass is 35.5. The fourth-order valence-electron chi connectivity index (χ4n) is 1.14. The molecule has 0 bridgehead atoms. The molecule has 0 heterocycles. The Morgan fingerprint density at radius 2 is 1.80 bits per heavy atom. The molecule has 2 nitrogen and oxygen atoms in total. The second-order valence-electron chi connectivity index (χ2n) is 4.36. The first-order valence-corrected chi connectivity index (χ1v) is 5.22. The third-order valence-corrected chi connectivity index (χ3v) is 2.46. The summed E-state index contributed by atoms with van der Waals surface area (Å²) < 4.78 is 0. The van der Waals surface area contributed by atoms with Gasteiger partial charge in [-0.2, -0.15) is 0 Å². The Bertz CT molecular complexity index is 406. The van der Waals surface area contributed by atoms with Crippen LogP contribution in [0.4, 0.5) is 0 Å². The summed E-state index contributed by atoms with van der Waals surface area (Å²) in [5.41, 5.74) is -0.411. The highest BCUT2D eigenvalue weighted by molar-refractivity contribution is 6.36. The van der Waals surface area contributed by atoms with Crippen molar-refractivity contribution in [3.05, 3.63) is 27.7 Å². The molecule has 1 aromatic rings. The highest BCUT2D eigenvalue weighted by Gasteiger charge is 2.26. The standard InChI is InChI=1S/C11H12Cl2O2/c1-11(2,3)10(15)7-4-6(12)5-8(13)9(7)14/h4-5,14H,1-3H3. The summed E-state index contributed by atoms with van der Waals surface area (Å²) in [4.78, 5) is 11.9. The van der Waals surface area contributed by atoms with Crippen molar-refractivity contribution in [2.75, 3.05) is 0 Å². The minimum absolute atomic E-state index is 0.0927. The van der Waals surface area contributed by atoms with E-state index in [0.29, 0.717) is 5.02 Å². The molecule has 0 aliphatic heterocycles. The lowest BCUT2D eigenvalue weighted by Crippen LogP contribution is -2.20. The normalized spacial score (nSPS) is 11.5. The van der Waals surface area contributed by atoms with Crippen molar-refractivity contribution in [1.82, 2.24) is 0 Å². The Morgan fingerprint density at radius 3 is 2.27 bits per heavy atom. The number of benzene rings is 1. The van der Waals surface area contributed by atoms with Crippen LogP contribution in [-0.2, 0) is 0 Å². The Kier molecular flexibility index (Phi) is 3.31. The molecule has 1 N–H and O–H groups in total. The zero-order valence-electron chi connectivity index (χ0n) is 8.77. The molecule has 0 amide bonds. The lowest BCUT2D eigenvalue weighted by Gasteiger charge is -2.17. The van der Waals surface area contributed by atoms with Crippen LogP contribution in [0.5, 0.6) is 5.75 Å². The number of carbonyl (C=O) groups is 1. The number of halogens is 2. The van der Waals surface area contributed by atoms with E-state index in [4.69, 9.17) is 23.2 Å². The average Bonchev–Trinajstić information content (AvgIpc) is 2.08. The van der Waals surface area contributed by atoms with Crippen LogP contribution in [0.25, 0.3) is 0 Å². The van der Waals surface area contributed by atoms with Gasteiger partial charge in [-0.25, -0.2) is 0 Å². The van der Waals surface area contributed by atoms with Crippen LogP contribution in [0.2, 0.25) is 10.0 Å². The van der Waals surface area contributed by atoms with Crippen molar-refractivity contribution in [3.63, 3.8) is 0 Å². The van der Waals surface area contributed by atoms with Crippen LogP contribution in [-0.4, -0.2) is 10.9 Å². The number of rotatable bonds is 1. The van der Waals surface area contributed by atoms with Crippen molar-refractivity contribution in [1.29, 1.82) is 0 Å². The summed E-state index contributed by atoms with van der Waals surface area (Å²) in [6.45, 7) is 5.30. The average molecular weight is 247 g/mol. The summed E-state index contributed by atoms with van der Waals surface area (Å²) in [5, 5.41) is 10.1. The van der Waals surface area contributed by atoms with Crippen LogP contribution in [0.1, 0.15) is 31.1 Å². The molecule has 0 aliphatic carbocycles. The fraction of sp³-hybridized carbons (Fsp3) is 0.364. The van der Waals surface area contributed by atoms with E-state index in [1.165, 1.54) is 12.1 Å². The van der Waals surface area contributed by atoms with E-state index in [2.05, 4.69) is 0 Å². The Hall–Kier alpha value is -0.730. The topological polar surface area (TPSA) is 37.3 Å². The lowest BCUT2D eigenvalue weighted by molar-refractivity contribution is 0.0855. The van der Waals surface area contributed by atoms with Crippen molar-refractivity contribution in [2.24, 2.45) is 5.41 Å². The molecular formula is C11H12Cl2O2. The Labute approximate surface area is 98.8 Å². The summed E-state index contributed by atoms with van der Waals surface area (Å²) in [5.74, 6) is -0.398. The van der Waals surface area contributed by atoms with E-state index in [0.717, 1.165) is 0 Å². The molecule has 0 aliphatic rings. The molecule has 0 spiro atoms. The molecule has 1 aromatic carbocycles. The smallest absolute Gasteiger partial charge is 0.171 e. The predicted octanol–water partition coefficient (Wildman–Crippen LogP) is 3.93. The molecule has 0 saturated carbocycles. The van der Waals surface area contributed by atoms with E-state index in [1.54, 1.807) is 20.8 Å². The summed E-state index contributed by atoms with van der Waals surface area (Å²) >= 11 is 11.5. The molecule has 15 heavy (non-hydrogen) atoms. The predicted molar refractivity (Wildman–Crippen MR) is 61.9 cm³/mol. The molecule has 0 radical (unpaired) electrons. The van der Waals surface area contributed by atoms with Gasteiger partial charge in [0, 0.05) is 10.4 Å². The fourth-order valence-corrected chi connectivity index (χ4v) is 1.64. The number of hydrogen-bond acceptors (Lipinski definition) is 2. The van der Waals surface area contributed by atoms with Crippen molar-refractivity contribution in [2.45, 2.75) is 20.8 Å². The zero-order valence-corrected chi connectivity index (χ0v) is 10.3. The van der Waals surface area contributed by atoms with Gasteiger partial charge >= 0.3 is 0 Å². The number of phenols is 1. The van der Waals surface area contributed by atoms with Gasteiger partial charge in [-0.3, -0.25) is 4.79 Å². The minimum atomic E-state index is -0.578. The quantitative estimate of drug-likeness (QED) is 0.763. The summed E-state index contributed by atoms with van der Waals surface area (Å²) in [7, 11) is 0. The molecule has 0 aromatic heterocycles. The third-order valence-electron chi connectivity index (χ3n) is 1.95. The highest BCUT2D eigenvalue weighted by Crippen LogP contribution is 2.34. The lowest BCUT2D eigenvalue weighted by atomic mass is 9.86. The van der Waals surface area contributed by atoms with Gasteiger partial charge in [0.15, 0.2) is 5.78 Å². The second kappa shape index (κ2) is 4.03. The minimum Gasteiger partial charge on any atom is -0.506 e. The maximum atomic E-state index is 11.9. The monoisotopic (exact) mass is 246 g/mol.